The van der Waals surface area contributed by atoms with E-state index in [1.165, 1.54) is 9.13 Å². The van der Waals surface area contributed by atoms with Crippen molar-refractivity contribution in [1.82, 2.24) is 14.1 Å². The summed E-state index contributed by atoms with van der Waals surface area (Å²) in [7, 11) is 1.61. The van der Waals surface area contributed by atoms with Gasteiger partial charge in [0.15, 0.2) is 5.65 Å². The lowest BCUT2D eigenvalue weighted by Gasteiger charge is -2.13. The van der Waals surface area contributed by atoms with Crippen molar-refractivity contribution < 1.29 is 4.74 Å². The first-order valence-corrected chi connectivity index (χ1v) is 6.24. The standard InChI is InChI=1S/C13H17N3O3/c1-5-16-12(17)9-10(19-6-2)8(3)7-14-11(9)15(4)13(16)18/h7H,5-6H2,1-4H3. The highest BCUT2D eigenvalue weighted by molar-refractivity contribution is 5.82. The van der Waals surface area contributed by atoms with Crippen LogP contribution in [0.5, 0.6) is 5.75 Å². The van der Waals surface area contributed by atoms with Gasteiger partial charge in [-0.3, -0.25) is 13.9 Å². The average Bonchev–Trinajstić information content (AvgIpc) is 2.39. The summed E-state index contributed by atoms with van der Waals surface area (Å²) in [5.74, 6) is 0.510. The van der Waals surface area contributed by atoms with Crippen molar-refractivity contribution in [3.05, 3.63) is 32.6 Å². The first kappa shape index (κ1) is 13.3. The summed E-state index contributed by atoms with van der Waals surface area (Å²) in [6.45, 7) is 6.22. The zero-order valence-electron chi connectivity index (χ0n) is 11.6. The molecule has 0 saturated carbocycles. The van der Waals surface area contributed by atoms with Gasteiger partial charge in [0.25, 0.3) is 5.56 Å². The van der Waals surface area contributed by atoms with E-state index in [2.05, 4.69) is 4.98 Å². The van der Waals surface area contributed by atoms with Gasteiger partial charge >= 0.3 is 5.69 Å². The molecule has 0 saturated heterocycles. The summed E-state index contributed by atoms with van der Waals surface area (Å²) in [5, 5.41) is 0.366. The Morgan fingerprint density at radius 3 is 2.58 bits per heavy atom. The molecule has 0 spiro atoms. The minimum atomic E-state index is -0.362. The Labute approximate surface area is 110 Å². The monoisotopic (exact) mass is 263 g/mol. The summed E-state index contributed by atoms with van der Waals surface area (Å²) in [4.78, 5) is 28.6. The molecule has 0 aromatic carbocycles. The van der Waals surface area contributed by atoms with Crippen LogP contribution in [0, 0.1) is 6.92 Å². The van der Waals surface area contributed by atoms with Gasteiger partial charge in [0.05, 0.1) is 6.61 Å². The van der Waals surface area contributed by atoms with Crippen molar-refractivity contribution >= 4 is 11.0 Å². The fourth-order valence-electron chi connectivity index (χ4n) is 2.13. The van der Waals surface area contributed by atoms with Crippen LogP contribution in [0.15, 0.2) is 15.8 Å². The minimum absolute atomic E-state index is 0.320. The normalized spacial score (nSPS) is 10.9. The molecule has 0 fully saturated rings. The number of aromatic nitrogens is 3. The Hall–Kier alpha value is -2.11. The smallest absolute Gasteiger partial charge is 0.332 e. The Bertz CT molecular complexity index is 743. The molecule has 2 aromatic rings. The van der Waals surface area contributed by atoms with Gasteiger partial charge in [-0.05, 0) is 20.8 Å². The Morgan fingerprint density at radius 2 is 2.00 bits per heavy atom. The largest absolute Gasteiger partial charge is 0.493 e. The Morgan fingerprint density at radius 1 is 1.32 bits per heavy atom. The zero-order chi connectivity index (χ0) is 14.2. The minimum Gasteiger partial charge on any atom is -0.493 e. The number of hydrogen-bond acceptors (Lipinski definition) is 4. The van der Waals surface area contributed by atoms with Gasteiger partial charge < -0.3 is 4.74 Å². The molecule has 0 N–H and O–H groups in total. The van der Waals surface area contributed by atoms with E-state index in [9.17, 15) is 9.59 Å². The number of pyridine rings is 1. The van der Waals surface area contributed by atoms with E-state index in [-0.39, 0.29) is 11.2 Å². The third-order valence-corrected chi connectivity index (χ3v) is 3.09. The second kappa shape index (κ2) is 4.87. The maximum atomic E-state index is 12.4. The SMILES string of the molecule is CCOc1c(C)cnc2c1c(=O)n(CC)c(=O)n2C. The third kappa shape index (κ3) is 1.93. The van der Waals surface area contributed by atoms with E-state index in [1.54, 1.807) is 20.2 Å². The van der Waals surface area contributed by atoms with Gasteiger partial charge in [0, 0.05) is 25.4 Å². The molecule has 2 heterocycles. The molecule has 2 rings (SSSR count). The summed E-state index contributed by atoms with van der Waals surface area (Å²) < 4.78 is 8.12. The van der Waals surface area contributed by atoms with Crippen LogP contribution < -0.4 is 16.0 Å². The van der Waals surface area contributed by atoms with Gasteiger partial charge in [-0.1, -0.05) is 0 Å². The van der Waals surface area contributed by atoms with Crippen molar-refractivity contribution in [3.63, 3.8) is 0 Å². The second-order valence-electron chi connectivity index (χ2n) is 4.29. The number of rotatable bonds is 3. The Balaban J connectivity index is 3.05. The van der Waals surface area contributed by atoms with Gasteiger partial charge in [-0.25, -0.2) is 9.78 Å². The summed E-state index contributed by atoms with van der Waals surface area (Å²) in [6, 6.07) is 0. The average molecular weight is 263 g/mol. The molecular weight excluding hydrogens is 246 g/mol. The maximum absolute atomic E-state index is 12.4. The number of fused-ring (bicyclic) bond motifs is 1. The van der Waals surface area contributed by atoms with Crippen LogP contribution in [0.25, 0.3) is 11.0 Å². The third-order valence-electron chi connectivity index (χ3n) is 3.09. The van der Waals surface area contributed by atoms with E-state index >= 15 is 0 Å². The van der Waals surface area contributed by atoms with Gasteiger partial charge in [-0.15, -0.1) is 0 Å². The van der Waals surface area contributed by atoms with Crippen molar-refractivity contribution in [1.29, 1.82) is 0 Å². The fourth-order valence-corrected chi connectivity index (χ4v) is 2.13. The second-order valence-corrected chi connectivity index (χ2v) is 4.29. The van der Waals surface area contributed by atoms with Crippen LogP contribution in [0.3, 0.4) is 0 Å². The maximum Gasteiger partial charge on any atom is 0.332 e. The van der Waals surface area contributed by atoms with Crippen LogP contribution >= 0.6 is 0 Å². The van der Waals surface area contributed by atoms with Crippen LogP contribution in [0.1, 0.15) is 19.4 Å². The number of nitrogens with zero attached hydrogens (tertiary/aromatic N) is 3. The van der Waals surface area contributed by atoms with Crippen LogP contribution in [-0.2, 0) is 13.6 Å². The highest BCUT2D eigenvalue weighted by atomic mass is 16.5. The number of aryl methyl sites for hydroxylation is 2. The molecule has 19 heavy (non-hydrogen) atoms. The van der Waals surface area contributed by atoms with Crippen LogP contribution in [0.2, 0.25) is 0 Å². The first-order chi connectivity index (χ1) is 9.02. The van der Waals surface area contributed by atoms with Crippen LogP contribution in [-0.4, -0.2) is 20.7 Å². The van der Waals surface area contributed by atoms with Gasteiger partial charge in [-0.2, -0.15) is 0 Å². The highest BCUT2D eigenvalue weighted by Crippen LogP contribution is 2.24. The van der Waals surface area contributed by atoms with E-state index in [0.717, 1.165) is 5.56 Å². The predicted molar refractivity (Wildman–Crippen MR) is 72.8 cm³/mol. The number of ether oxygens (including phenoxy) is 1. The van der Waals surface area contributed by atoms with E-state index in [4.69, 9.17) is 4.74 Å². The lowest BCUT2D eigenvalue weighted by atomic mass is 10.2. The molecule has 0 atom stereocenters. The quantitative estimate of drug-likeness (QED) is 0.822. The highest BCUT2D eigenvalue weighted by Gasteiger charge is 2.17. The van der Waals surface area contributed by atoms with Gasteiger partial charge in [0.1, 0.15) is 11.1 Å². The molecular formula is C13H17N3O3. The molecule has 6 heteroatoms. The molecule has 0 aliphatic heterocycles. The molecule has 0 unspecified atom stereocenters. The van der Waals surface area contributed by atoms with Crippen molar-refractivity contribution in [2.45, 2.75) is 27.3 Å². The van der Waals surface area contributed by atoms with E-state index < -0.39 is 0 Å². The molecule has 0 amide bonds. The van der Waals surface area contributed by atoms with E-state index in [1.807, 2.05) is 13.8 Å². The lowest BCUT2D eigenvalue weighted by Crippen LogP contribution is -2.39. The molecule has 0 radical (unpaired) electrons. The topological polar surface area (TPSA) is 66.1 Å². The molecule has 0 bridgehead atoms. The van der Waals surface area contributed by atoms with Crippen molar-refractivity contribution in [3.8, 4) is 5.75 Å². The van der Waals surface area contributed by atoms with Crippen LogP contribution in [0.4, 0.5) is 0 Å². The molecule has 0 aliphatic rings. The molecule has 102 valence electrons. The fraction of sp³-hybridized carbons (Fsp3) is 0.462. The zero-order valence-corrected chi connectivity index (χ0v) is 11.6. The Kier molecular flexibility index (Phi) is 3.42. The van der Waals surface area contributed by atoms with E-state index in [0.29, 0.717) is 29.9 Å². The van der Waals surface area contributed by atoms with Crippen molar-refractivity contribution in [2.75, 3.05) is 6.61 Å². The lowest BCUT2D eigenvalue weighted by molar-refractivity contribution is 0.341. The number of hydrogen-bond donors (Lipinski definition) is 0. The summed E-state index contributed by atoms with van der Waals surface area (Å²) in [5.41, 5.74) is 0.431. The van der Waals surface area contributed by atoms with Gasteiger partial charge in [0.2, 0.25) is 0 Å². The first-order valence-electron chi connectivity index (χ1n) is 6.24. The molecule has 0 aliphatic carbocycles. The van der Waals surface area contributed by atoms with Crippen molar-refractivity contribution in [2.24, 2.45) is 7.05 Å². The summed E-state index contributed by atoms with van der Waals surface area (Å²) in [6.07, 6.45) is 1.61. The molecule has 6 nitrogen and oxygen atoms in total. The molecule has 2 aromatic heterocycles. The predicted octanol–water partition coefficient (Wildman–Crippen LogP) is 0.822. The summed E-state index contributed by atoms with van der Waals surface area (Å²) >= 11 is 0.